The molecule has 1 aromatic carbocycles. The second-order valence-electron chi connectivity index (χ2n) is 6.17. The second kappa shape index (κ2) is 9.23. The zero-order valence-corrected chi connectivity index (χ0v) is 16.0. The third-order valence-electron chi connectivity index (χ3n) is 3.98. The van der Waals surface area contributed by atoms with E-state index in [4.69, 9.17) is 4.74 Å². The average Bonchev–Trinajstić information content (AvgIpc) is 3.13. The molecule has 0 saturated carbocycles. The summed E-state index contributed by atoms with van der Waals surface area (Å²) in [5.41, 5.74) is -4.30. The van der Waals surface area contributed by atoms with Crippen molar-refractivity contribution in [2.45, 2.75) is 31.7 Å². The van der Waals surface area contributed by atoms with Crippen molar-refractivity contribution in [2.75, 3.05) is 6.61 Å². The number of esters is 1. The lowest BCUT2D eigenvalue weighted by molar-refractivity contribution is -0.145. The molecular formula is C19H17F6N3O3. The molecule has 0 aliphatic carbocycles. The van der Waals surface area contributed by atoms with E-state index in [1.165, 1.54) is 13.0 Å². The van der Waals surface area contributed by atoms with Gasteiger partial charge in [0.15, 0.2) is 5.69 Å². The summed E-state index contributed by atoms with van der Waals surface area (Å²) in [6, 6.07) is 1.76. The van der Waals surface area contributed by atoms with E-state index in [0.29, 0.717) is 18.3 Å². The molecule has 1 atom stereocenters. The lowest BCUT2D eigenvalue weighted by Crippen LogP contribution is -2.42. The molecule has 0 aliphatic rings. The highest BCUT2D eigenvalue weighted by molar-refractivity contribution is 5.98. The van der Waals surface area contributed by atoms with Crippen LogP contribution in [0.2, 0.25) is 0 Å². The minimum Gasteiger partial charge on any atom is -0.464 e. The molecule has 0 aliphatic heterocycles. The van der Waals surface area contributed by atoms with Gasteiger partial charge in [-0.25, -0.2) is 9.48 Å². The number of amides is 1. The summed E-state index contributed by atoms with van der Waals surface area (Å²) in [6.07, 6.45) is -8.23. The van der Waals surface area contributed by atoms with E-state index in [2.05, 4.69) is 17.0 Å². The fraction of sp³-hybridized carbons (Fsp3) is 0.316. The molecule has 0 saturated heterocycles. The van der Waals surface area contributed by atoms with Gasteiger partial charge in [0.2, 0.25) is 0 Å². The zero-order valence-electron chi connectivity index (χ0n) is 16.0. The average molecular weight is 449 g/mol. The minimum atomic E-state index is -5.14. The van der Waals surface area contributed by atoms with Gasteiger partial charge < -0.3 is 10.1 Å². The molecule has 0 bridgehead atoms. The molecule has 31 heavy (non-hydrogen) atoms. The topological polar surface area (TPSA) is 73.2 Å². The summed E-state index contributed by atoms with van der Waals surface area (Å²) in [5, 5.41) is 5.58. The maximum absolute atomic E-state index is 13.7. The smallest absolute Gasteiger partial charge is 0.434 e. The molecule has 12 heteroatoms. The largest absolute Gasteiger partial charge is 0.464 e. The molecule has 6 nitrogen and oxygen atoms in total. The maximum Gasteiger partial charge on any atom is 0.434 e. The molecule has 2 aromatic rings. The first-order valence-electron chi connectivity index (χ1n) is 8.81. The molecule has 0 spiro atoms. The number of aromatic nitrogens is 2. The number of nitrogens with zero attached hydrogens (tertiary/aromatic N) is 2. The van der Waals surface area contributed by atoms with Gasteiger partial charge in [0.05, 0.1) is 29.6 Å². The monoisotopic (exact) mass is 449 g/mol. The number of benzene rings is 1. The zero-order chi connectivity index (χ0) is 23.4. The summed E-state index contributed by atoms with van der Waals surface area (Å²) < 4.78 is 84.9. The van der Waals surface area contributed by atoms with Gasteiger partial charge in [-0.1, -0.05) is 12.1 Å². The number of nitrogens with one attached hydrogen (secondary N) is 1. The van der Waals surface area contributed by atoms with Crippen LogP contribution in [0.25, 0.3) is 5.69 Å². The molecule has 1 unspecified atom stereocenters. The molecule has 1 heterocycles. The molecular weight excluding hydrogens is 432 g/mol. The first kappa shape index (κ1) is 24.0. The van der Waals surface area contributed by atoms with Crippen LogP contribution in [0.3, 0.4) is 0 Å². The molecule has 168 valence electrons. The standard InChI is InChI=1S/C19H17F6N3O3/c1-3-6-14(17(30)31-4-2)27-16(29)13-10-26-28(15(13)19(23,24)25)12-8-5-7-11(9-12)18(20,21)22/h3,5,7-10,14H,1,4,6H2,2H3,(H,27,29). The fourth-order valence-electron chi connectivity index (χ4n) is 2.66. The van der Waals surface area contributed by atoms with Crippen molar-refractivity contribution in [1.29, 1.82) is 0 Å². The van der Waals surface area contributed by atoms with Crippen LogP contribution in [-0.2, 0) is 21.9 Å². The highest BCUT2D eigenvalue weighted by atomic mass is 19.4. The van der Waals surface area contributed by atoms with E-state index in [-0.39, 0.29) is 17.7 Å². The van der Waals surface area contributed by atoms with Crippen LogP contribution in [0.1, 0.15) is 35.0 Å². The van der Waals surface area contributed by atoms with E-state index >= 15 is 0 Å². The van der Waals surface area contributed by atoms with Crippen molar-refractivity contribution in [3.05, 3.63) is 59.9 Å². The van der Waals surface area contributed by atoms with E-state index in [0.717, 1.165) is 12.1 Å². The Bertz CT molecular complexity index is 966. The number of carbonyl (C=O) groups is 2. The number of ether oxygens (including phenoxy) is 1. The predicted octanol–water partition coefficient (Wildman–Crippen LogP) is 4.15. The number of carbonyl (C=O) groups excluding carboxylic acids is 2. The Kier molecular flexibility index (Phi) is 7.13. The van der Waals surface area contributed by atoms with Gasteiger partial charge in [0.1, 0.15) is 6.04 Å². The Morgan fingerprint density at radius 2 is 1.90 bits per heavy atom. The highest BCUT2D eigenvalue weighted by Gasteiger charge is 2.41. The van der Waals surface area contributed by atoms with Gasteiger partial charge >= 0.3 is 18.3 Å². The number of hydrogen-bond acceptors (Lipinski definition) is 4. The Morgan fingerprint density at radius 3 is 2.45 bits per heavy atom. The van der Waals surface area contributed by atoms with Gasteiger partial charge in [-0.3, -0.25) is 4.79 Å². The second-order valence-corrected chi connectivity index (χ2v) is 6.17. The van der Waals surface area contributed by atoms with Gasteiger partial charge in [0.25, 0.3) is 5.91 Å². The molecule has 0 radical (unpaired) electrons. The summed E-state index contributed by atoms with van der Waals surface area (Å²) in [4.78, 5) is 24.4. The van der Waals surface area contributed by atoms with Crippen LogP contribution in [0.15, 0.2) is 43.1 Å². The lowest BCUT2D eigenvalue weighted by atomic mass is 10.1. The first-order chi connectivity index (χ1) is 14.4. The third kappa shape index (κ3) is 5.64. The summed E-state index contributed by atoms with van der Waals surface area (Å²) in [7, 11) is 0. The van der Waals surface area contributed by atoms with Crippen molar-refractivity contribution in [2.24, 2.45) is 0 Å². The quantitative estimate of drug-likeness (QED) is 0.392. The number of rotatable bonds is 7. The number of alkyl halides is 6. The van der Waals surface area contributed by atoms with Crippen molar-refractivity contribution in [3.8, 4) is 5.69 Å². The Hall–Kier alpha value is -3.31. The molecule has 1 aromatic heterocycles. The van der Waals surface area contributed by atoms with Crippen molar-refractivity contribution in [1.82, 2.24) is 15.1 Å². The van der Waals surface area contributed by atoms with Crippen LogP contribution in [0.4, 0.5) is 26.3 Å². The molecule has 1 N–H and O–H groups in total. The van der Waals surface area contributed by atoms with Crippen LogP contribution in [-0.4, -0.2) is 34.3 Å². The van der Waals surface area contributed by atoms with Crippen molar-refractivity contribution in [3.63, 3.8) is 0 Å². The highest BCUT2D eigenvalue weighted by Crippen LogP contribution is 2.35. The summed E-state index contributed by atoms with van der Waals surface area (Å²) in [5.74, 6) is -2.18. The summed E-state index contributed by atoms with van der Waals surface area (Å²) in [6.45, 7) is 4.89. The van der Waals surface area contributed by atoms with Crippen LogP contribution < -0.4 is 5.32 Å². The van der Waals surface area contributed by atoms with Crippen LogP contribution in [0.5, 0.6) is 0 Å². The minimum absolute atomic E-state index is 0.0242. The van der Waals surface area contributed by atoms with Gasteiger partial charge in [0, 0.05) is 0 Å². The van der Waals surface area contributed by atoms with Gasteiger partial charge in [-0.15, -0.1) is 6.58 Å². The predicted molar refractivity (Wildman–Crippen MR) is 96.3 cm³/mol. The lowest BCUT2D eigenvalue weighted by Gasteiger charge is -2.17. The number of hydrogen-bond donors (Lipinski definition) is 1. The SMILES string of the molecule is C=CCC(NC(=O)c1cnn(-c2cccc(C(F)(F)F)c2)c1C(F)(F)F)C(=O)OCC. The van der Waals surface area contributed by atoms with Gasteiger partial charge in [-0.2, -0.15) is 31.4 Å². The summed E-state index contributed by atoms with van der Waals surface area (Å²) >= 11 is 0. The first-order valence-corrected chi connectivity index (χ1v) is 8.81. The normalized spacial score (nSPS) is 12.9. The maximum atomic E-state index is 13.7. The van der Waals surface area contributed by atoms with Crippen molar-refractivity contribution < 1.29 is 40.7 Å². The van der Waals surface area contributed by atoms with Gasteiger partial charge in [-0.05, 0) is 31.5 Å². The Morgan fingerprint density at radius 1 is 1.23 bits per heavy atom. The molecule has 1 amide bonds. The fourth-order valence-corrected chi connectivity index (χ4v) is 2.66. The van der Waals surface area contributed by atoms with E-state index in [1.807, 2.05) is 0 Å². The molecule has 2 rings (SSSR count). The molecule has 0 fully saturated rings. The Labute approximate surface area is 172 Å². The van der Waals surface area contributed by atoms with Crippen LogP contribution >= 0.6 is 0 Å². The van der Waals surface area contributed by atoms with E-state index in [9.17, 15) is 35.9 Å². The number of halogens is 6. The van der Waals surface area contributed by atoms with E-state index < -0.39 is 52.8 Å². The van der Waals surface area contributed by atoms with Crippen LogP contribution in [0, 0.1) is 0 Å². The van der Waals surface area contributed by atoms with E-state index in [1.54, 1.807) is 0 Å². The van der Waals surface area contributed by atoms with Crippen molar-refractivity contribution >= 4 is 11.9 Å². The Balaban J connectivity index is 2.49. The third-order valence-corrected chi connectivity index (χ3v) is 3.98.